The number of nitrogens with zero attached hydrogens (tertiary/aromatic N) is 4. The van der Waals surface area contributed by atoms with E-state index < -0.39 is 0 Å². The second kappa shape index (κ2) is 18.3. The SMILES string of the molecule is CC(C)(C)c1ccnc(-n2c3ccccc3c3ccc(Oc4cccc(-c5coc6c(-c7c(-c8ccccc8)cccc7-c7ccccc7)[n+](-c7c(-c8ccccc8)cccc7-c7ccccc7)cn56)c4)cc32)c1. The minimum absolute atomic E-state index is 0.0335. The Hall–Kier alpha value is -9.52. The zero-order valence-electron chi connectivity index (χ0n) is 41.4. The number of aromatic nitrogens is 4. The first-order chi connectivity index (χ1) is 36.4. The maximum atomic E-state index is 6.98. The van der Waals surface area contributed by atoms with Crippen LogP contribution in [0, 0.1) is 0 Å². The Balaban J connectivity index is 1.01. The van der Waals surface area contributed by atoms with Crippen molar-refractivity contribution >= 4 is 27.5 Å². The van der Waals surface area contributed by atoms with Crippen molar-refractivity contribution in [2.75, 3.05) is 0 Å². The highest BCUT2D eigenvalue weighted by Gasteiger charge is 2.34. The van der Waals surface area contributed by atoms with Gasteiger partial charge in [0.05, 0.1) is 11.0 Å². The van der Waals surface area contributed by atoms with Crippen molar-refractivity contribution in [1.82, 2.24) is 14.0 Å². The Labute approximate surface area is 430 Å². The summed E-state index contributed by atoms with van der Waals surface area (Å²) >= 11 is 0. The molecule has 4 aromatic heterocycles. The molecule has 0 amide bonds. The van der Waals surface area contributed by atoms with Crippen LogP contribution in [0.5, 0.6) is 11.5 Å². The molecule has 0 aliphatic carbocycles. The zero-order valence-corrected chi connectivity index (χ0v) is 41.4. The molecule has 6 nitrogen and oxygen atoms in total. The summed E-state index contributed by atoms with van der Waals surface area (Å²) in [6.45, 7) is 6.71. The summed E-state index contributed by atoms with van der Waals surface area (Å²) in [6, 6.07) is 83.4. The number of pyridine rings is 1. The molecular formula is C68H51N4O2+. The molecule has 4 heterocycles. The maximum Gasteiger partial charge on any atom is 0.344 e. The Morgan fingerprint density at radius 1 is 0.473 bits per heavy atom. The predicted molar refractivity (Wildman–Crippen MR) is 301 cm³/mol. The van der Waals surface area contributed by atoms with Crippen LogP contribution in [0.2, 0.25) is 0 Å². The third-order valence-corrected chi connectivity index (χ3v) is 14.2. The Morgan fingerprint density at radius 2 is 1.00 bits per heavy atom. The van der Waals surface area contributed by atoms with Gasteiger partial charge in [-0.15, -0.1) is 0 Å². The fourth-order valence-corrected chi connectivity index (χ4v) is 10.7. The molecule has 0 radical (unpaired) electrons. The van der Waals surface area contributed by atoms with Gasteiger partial charge in [0.25, 0.3) is 6.33 Å². The lowest BCUT2D eigenvalue weighted by Gasteiger charge is -2.20. The average molecular weight is 956 g/mol. The van der Waals surface area contributed by atoms with Gasteiger partial charge in [-0.25, -0.2) is 4.98 Å². The lowest BCUT2D eigenvalue weighted by molar-refractivity contribution is -0.581. The molecule has 0 aliphatic rings. The molecule has 9 aromatic carbocycles. The number of para-hydroxylation sites is 2. The highest BCUT2D eigenvalue weighted by molar-refractivity contribution is 6.09. The molecule has 0 aliphatic heterocycles. The van der Waals surface area contributed by atoms with E-state index in [2.05, 4.69) is 271 Å². The van der Waals surface area contributed by atoms with Crippen molar-refractivity contribution < 1.29 is 13.7 Å². The molecule has 0 unspecified atom stereocenters. The number of rotatable bonds is 10. The monoisotopic (exact) mass is 955 g/mol. The lowest BCUT2D eigenvalue weighted by atomic mass is 9.88. The number of hydrogen-bond donors (Lipinski definition) is 0. The minimum atomic E-state index is -0.0335. The van der Waals surface area contributed by atoms with Gasteiger partial charge < -0.3 is 9.15 Å². The average Bonchev–Trinajstić information content (AvgIpc) is 4.16. The summed E-state index contributed by atoms with van der Waals surface area (Å²) < 4.78 is 20.6. The van der Waals surface area contributed by atoms with Gasteiger partial charge in [-0.3, -0.25) is 4.57 Å². The fraction of sp³-hybridized carbons (Fsp3) is 0.0588. The summed E-state index contributed by atoms with van der Waals surface area (Å²) in [5.41, 5.74) is 17.7. The van der Waals surface area contributed by atoms with Gasteiger partial charge in [0.1, 0.15) is 29.3 Å². The van der Waals surface area contributed by atoms with Crippen molar-refractivity contribution in [2.45, 2.75) is 26.2 Å². The summed E-state index contributed by atoms with van der Waals surface area (Å²) in [5, 5.41) is 2.30. The van der Waals surface area contributed by atoms with Crippen LogP contribution in [-0.2, 0) is 5.41 Å². The van der Waals surface area contributed by atoms with Crippen molar-refractivity contribution in [2.24, 2.45) is 0 Å². The Kier molecular flexibility index (Phi) is 11.0. The van der Waals surface area contributed by atoms with Gasteiger partial charge in [-0.05, 0) is 86.8 Å². The van der Waals surface area contributed by atoms with E-state index in [-0.39, 0.29) is 5.41 Å². The van der Waals surface area contributed by atoms with Crippen molar-refractivity contribution in [3.63, 3.8) is 0 Å². The summed E-state index contributed by atoms with van der Waals surface area (Å²) in [6.07, 6.45) is 6.00. The second-order valence-corrected chi connectivity index (χ2v) is 19.8. The molecule has 13 rings (SSSR count). The maximum absolute atomic E-state index is 6.98. The predicted octanol–water partition coefficient (Wildman–Crippen LogP) is 17.4. The van der Waals surface area contributed by atoms with E-state index in [0.29, 0.717) is 11.5 Å². The van der Waals surface area contributed by atoms with Crippen molar-refractivity contribution in [1.29, 1.82) is 0 Å². The van der Waals surface area contributed by atoms with Crippen molar-refractivity contribution in [3.05, 3.63) is 261 Å². The highest BCUT2D eigenvalue weighted by atomic mass is 16.5. The standard InChI is InChI=1S/C68H51N4O2/c1-68(2,3)51-39-40-69-63(42-51)72-60-36-17-16-31-58(60)59-38-37-53(43-61(59)72)74-52-30-18-29-50(41-52)62-44-73-67-66(64-54(46-21-8-4-9-22-46)32-19-33-55(64)47-23-10-5-11-24-47)71(45-70(62)67)65-56(48-25-12-6-13-26-48)34-20-35-57(65)49-27-14-7-15-28-49/h4-45H,1-3H3/q+1. The van der Waals surface area contributed by atoms with E-state index in [9.17, 15) is 0 Å². The molecule has 13 aromatic rings. The van der Waals surface area contributed by atoms with Gasteiger partial charge in [-0.2, -0.15) is 8.97 Å². The molecule has 0 fully saturated rings. The summed E-state index contributed by atoms with van der Waals surface area (Å²) in [7, 11) is 0. The van der Waals surface area contributed by atoms with Crippen LogP contribution in [0.15, 0.2) is 260 Å². The number of benzene rings is 9. The topological polar surface area (TPSA) is 48.5 Å². The quantitative estimate of drug-likeness (QED) is 0.128. The summed E-state index contributed by atoms with van der Waals surface area (Å²) in [4.78, 5) is 4.91. The number of oxazole rings is 1. The highest BCUT2D eigenvalue weighted by Crippen LogP contribution is 2.44. The van der Waals surface area contributed by atoms with Gasteiger partial charge in [0.2, 0.25) is 5.69 Å². The molecule has 0 atom stereocenters. The molecule has 0 bridgehead atoms. The van der Waals surface area contributed by atoms with Crippen LogP contribution in [0.3, 0.4) is 0 Å². The molecule has 6 heteroatoms. The van der Waals surface area contributed by atoms with Gasteiger partial charge in [0, 0.05) is 45.3 Å². The minimum Gasteiger partial charge on any atom is -0.457 e. The van der Waals surface area contributed by atoms with Gasteiger partial charge in [-0.1, -0.05) is 209 Å². The van der Waals surface area contributed by atoms with E-state index in [4.69, 9.17) is 14.1 Å². The fourth-order valence-electron chi connectivity index (χ4n) is 10.7. The number of fused-ring (bicyclic) bond motifs is 4. The van der Waals surface area contributed by atoms with E-state index >= 15 is 0 Å². The van der Waals surface area contributed by atoms with Crippen LogP contribution in [0.4, 0.5) is 0 Å². The second-order valence-electron chi connectivity index (χ2n) is 19.8. The van der Waals surface area contributed by atoms with Crippen LogP contribution >= 0.6 is 0 Å². The molecule has 0 saturated heterocycles. The summed E-state index contributed by atoms with van der Waals surface area (Å²) in [5.74, 6) is 2.30. The Bertz CT molecular complexity index is 4070. The smallest absolute Gasteiger partial charge is 0.344 e. The van der Waals surface area contributed by atoms with E-state index in [1.165, 1.54) is 5.56 Å². The largest absolute Gasteiger partial charge is 0.457 e. The normalized spacial score (nSPS) is 11.7. The molecular weight excluding hydrogens is 905 g/mol. The number of ether oxygens (including phenoxy) is 1. The van der Waals surface area contributed by atoms with Gasteiger partial charge in [0.15, 0.2) is 5.69 Å². The third kappa shape index (κ3) is 7.85. The van der Waals surface area contributed by atoms with Gasteiger partial charge >= 0.3 is 5.71 Å². The first-order valence-electron chi connectivity index (χ1n) is 25.2. The van der Waals surface area contributed by atoms with E-state index in [1.54, 1.807) is 0 Å². The van der Waals surface area contributed by atoms with Crippen molar-refractivity contribution in [3.8, 4) is 90.0 Å². The first-order valence-corrected chi connectivity index (χ1v) is 25.2. The number of hydrogen-bond acceptors (Lipinski definition) is 3. The van der Waals surface area contributed by atoms with E-state index in [0.717, 1.165) is 106 Å². The number of imidazole rings is 1. The van der Waals surface area contributed by atoms with Crippen LogP contribution in [-0.4, -0.2) is 14.0 Å². The third-order valence-electron chi connectivity index (χ3n) is 14.2. The zero-order chi connectivity index (χ0) is 49.8. The molecule has 0 saturated carbocycles. The molecule has 354 valence electrons. The molecule has 0 N–H and O–H groups in total. The Morgan fingerprint density at radius 3 is 1.62 bits per heavy atom. The first kappa shape index (κ1) is 44.4. The van der Waals surface area contributed by atoms with Crippen LogP contribution in [0.1, 0.15) is 26.3 Å². The van der Waals surface area contributed by atoms with Crippen LogP contribution in [0.25, 0.3) is 106 Å². The van der Waals surface area contributed by atoms with Crippen LogP contribution < -0.4 is 9.30 Å². The van der Waals surface area contributed by atoms with E-state index in [1.807, 2.05) is 18.5 Å². The molecule has 0 spiro atoms. The lowest BCUT2D eigenvalue weighted by Crippen LogP contribution is -2.33. The molecule has 74 heavy (non-hydrogen) atoms.